The number of hydrogen-bond acceptors (Lipinski definition) is 10. The Morgan fingerprint density at radius 3 is 1.58 bits per heavy atom. The molecule has 10 nitrogen and oxygen atoms in total. The van der Waals surface area contributed by atoms with Crippen LogP contribution in [-0.4, -0.2) is 35.8 Å². The van der Waals surface area contributed by atoms with E-state index in [1.807, 2.05) is 0 Å². The van der Waals surface area contributed by atoms with Crippen LogP contribution in [0.15, 0.2) is 160 Å². The van der Waals surface area contributed by atoms with Crippen molar-refractivity contribution in [1.82, 2.24) is 24.9 Å². The van der Waals surface area contributed by atoms with Crippen LogP contribution in [-0.2, 0) is 5.60 Å². The topological polar surface area (TPSA) is 141 Å². The first kappa shape index (κ1) is 41.4. The van der Waals surface area contributed by atoms with Crippen LogP contribution >= 0.6 is 0 Å². The van der Waals surface area contributed by atoms with E-state index in [1.165, 1.54) is 62.0 Å². The predicted octanol–water partition coefficient (Wildman–Crippen LogP) is 6.18. The molecule has 5 aromatic heterocycles. The number of carbonyl (C=O) groups excluding carboxylic acids is 1. The first-order valence-electron chi connectivity index (χ1n) is 16.1. The van der Waals surface area contributed by atoms with Gasteiger partial charge < -0.3 is 23.3 Å². The summed E-state index contributed by atoms with van der Waals surface area (Å²) < 4.78 is 53.4. The van der Waals surface area contributed by atoms with E-state index in [0.29, 0.717) is 40.1 Å². The molecule has 0 aliphatic rings. The maximum Gasteiger partial charge on any atom is 1.00 e. The van der Waals surface area contributed by atoms with Crippen molar-refractivity contribution < 1.29 is 55.2 Å². The zero-order valence-electron chi connectivity index (χ0n) is 29.8. The zero-order valence-corrected chi connectivity index (χ0v) is 29.8. The van der Waals surface area contributed by atoms with Crippen LogP contribution in [0, 0.1) is 23.7 Å². The Morgan fingerprint density at radius 1 is 0.655 bits per heavy atom. The maximum absolute atomic E-state index is 12.9. The number of benzene rings is 3. The van der Waals surface area contributed by atoms with Gasteiger partial charge in [0.15, 0.2) is 11.5 Å². The van der Waals surface area contributed by atoms with E-state index < -0.39 is 5.60 Å². The molecule has 1 unspecified atom stereocenters. The van der Waals surface area contributed by atoms with Gasteiger partial charge in [-0.15, -0.1) is 0 Å². The molecule has 0 saturated carbocycles. The maximum atomic E-state index is 12.9. The number of aromatic nitrogens is 5. The largest absolute Gasteiger partial charge is 1.00 e. The molecular weight excluding hydrogens is 706 g/mol. The smallest absolute Gasteiger partial charge is 0.627 e. The molecule has 55 heavy (non-hydrogen) atoms. The van der Waals surface area contributed by atoms with Crippen LogP contribution in [0.4, 0.5) is 13.2 Å². The van der Waals surface area contributed by atoms with Gasteiger partial charge in [-0.3, -0.25) is 14.8 Å². The summed E-state index contributed by atoms with van der Waals surface area (Å²) in [4.78, 5) is 30.3. The van der Waals surface area contributed by atoms with Gasteiger partial charge in [0.25, 0.3) is 0 Å². The quantitative estimate of drug-likeness (QED) is 0.120. The van der Waals surface area contributed by atoms with E-state index in [9.17, 15) is 23.1 Å². The number of pyridine rings is 2. The van der Waals surface area contributed by atoms with Crippen molar-refractivity contribution in [2.24, 2.45) is 0 Å². The predicted molar refractivity (Wildman–Crippen MR) is 192 cm³/mol. The number of hydrogen-bond donors (Lipinski definition) is 1. The molecule has 272 valence electrons. The van der Waals surface area contributed by atoms with Crippen molar-refractivity contribution in [2.75, 3.05) is 0 Å². The second-order valence-electron chi connectivity index (χ2n) is 11.3. The normalized spacial score (nSPS) is 11.2. The van der Waals surface area contributed by atoms with Gasteiger partial charge in [0.05, 0.1) is 18.3 Å². The molecule has 0 aliphatic carbocycles. The number of nitrogens with zero attached hydrogens (tertiary/aromatic N) is 5. The second kappa shape index (κ2) is 20.2. The molecule has 1 N–H and O–H groups in total. The Labute approximate surface area is 326 Å². The van der Waals surface area contributed by atoms with Gasteiger partial charge in [0, 0.05) is 41.5 Å². The minimum absolute atomic E-state index is 0. The number of carbonyl (C=O) groups is 1. The molecule has 0 radical (unpaired) electrons. The molecule has 3 aromatic carbocycles. The SMILES string of the molecule is CC(=O)c1ccncc1.CC(O)(c1ccncc1)c1cnc(-c2ccc(F)cc2)o1.Fc1ccc(-c2nc[c-]o2)cc1.Fc1ccc(-c2ncco2)cc1.[Li+]. The Kier molecular flexibility index (Phi) is 15.2. The molecule has 14 heteroatoms. The summed E-state index contributed by atoms with van der Waals surface area (Å²) in [6, 6.07) is 24.6. The van der Waals surface area contributed by atoms with Gasteiger partial charge in [0.2, 0.25) is 11.8 Å². The molecule has 8 aromatic rings. The fourth-order valence-electron chi connectivity index (χ4n) is 4.51. The summed E-state index contributed by atoms with van der Waals surface area (Å²) >= 11 is 0. The fraction of sp³-hybridized carbons (Fsp3) is 0.0732. The monoisotopic (exact) mass is 737 g/mol. The summed E-state index contributed by atoms with van der Waals surface area (Å²) in [7, 11) is 0. The van der Waals surface area contributed by atoms with Crippen LogP contribution in [0.5, 0.6) is 0 Å². The molecular formula is C41H31F3LiN5O5. The first-order chi connectivity index (χ1) is 26.1. The molecule has 0 aliphatic heterocycles. The summed E-state index contributed by atoms with van der Waals surface area (Å²) in [6.45, 7) is 3.16. The van der Waals surface area contributed by atoms with Gasteiger partial charge in [-0.1, -0.05) is 18.4 Å². The average Bonchev–Trinajstić information content (AvgIpc) is 4.02. The van der Waals surface area contributed by atoms with Gasteiger partial charge in [-0.2, -0.15) is 0 Å². The van der Waals surface area contributed by atoms with Crippen LogP contribution in [0.2, 0.25) is 0 Å². The zero-order chi connectivity index (χ0) is 38.3. The van der Waals surface area contributed by atoms with E-state index in [-0.39, 0.29) is 42.1 Å². The van der Waals surface area contributed by atoms with Crippen LogP contribution in [0.3, 0.4) is 0 Å². The standard InChI is InChI=1S/C16H13FN2O2.C9H6FNO.C9H5FNO.C7H7NO.Li/c1-16(20,12-6-8-18-9-7-12)14-10-19-15(21-14)11-2-4-13(17)5-3-11;2*10-8-3-1-7(2-4-8)9-11-5-6-12-9;1-6(9)7-2-4-8-5-3-7;/h2-10,20H,1H3;1-6H;1-5H;2-5H,1H3;/q;;-1;;+1. The van der Waals surface area contributed by atoms with Crippen LogP contribution in [0.25, 0.3) is 34.4 Å². The van der Waals surface area contributed by atoms with Crippen molar-refractivity contribution in [3.63, 3.8) is 0 Å². The summed E-state index contributed by atoms with van der Waals surface area (Å²) in [5.74, 6) is 0.837. The molecule has 0 amide bonds. The Hall–Kier alpha value is -6.39. The third kappa shape index (κ3) is 12.1. The van der Waals surface area contributed by atoms with Crippen molar-refractivity contribution in [1.29, 1.82) is 0 Å². The number of oxazole rings is 3. The van der Waals surface area contributed by atoms with Crippen molar-refractivity contribution >= 4 is 5.78 Å². The minimum atomic E-state index is -1.31. The second-order valence-corrected chi connectivity index (χ2v) is 11.3. The number of Topliss-reactive ketones (excluding diaryl/α,β-unsaturated/α-hetero) is 1. The first-order valence-corrected chi connectivity index (χ1v) is 16.1. The number of rotatable bonds is 6. The van der Waals surface area contributed by atoms with E-state index in [4.69, 9.17) is 13.3 Å². The molecule has 0 saturated heterocycles. The van der Waals surface area contributed by atoms with E-state index in [0.717, 1.165) is 11.1 Å². The summed E-state index contributed by atoms with van der Waals surface area (Å²) in [5.41, 5.74) is 2.23. The molecule has 0 bridgehead atoms. The Morgan fingerprint density at radius 2 is 1.15 bits per heavy atom. The average molecular weight is 738 g/mol. The molecule has 0 fully saturated rings. The van der Waals surface area contributed by atoms with Crippen molar-refractivity contribution in [3.8, 4) is 34.4 Å². The summed E-state index contributed by atoms with van der Waals surface area (Å²) in [6.07, 6.45) is 14.8. The third-order valence-electron chi connectivity index (χ3n) is 7.41. The van der Waals surface area contributed by atoms with Crippen molar-refractivity contribution in [2.45, 2.75) is 19.4 Å². The van der Waals surface area contributed by atoms with Crippen molar-refractivity contribution in [3.05, 3.63) is 187 Å². The van der Waals surface area contributed by atoms with E-state index >= 15 is 0 Å². The Bertz CT molecular complexity index is 2210. The minimum Gasteiger partial charge on any atom is -0.627 e. The van der Waals surface area contributed by atoms with E-state index in [2.05, 4.69) is 31.2 Å². The number of aliphatic hydroxyl groups is 1. The molecule has 1 atom stereocenters. The molecule has 8 rings (SSSR count). The fourth-order valence-corrected chi connectivity index (χ4v) is 4.51. The van der Waals surface area contributed by atoms with Crippen LogP contribution < -0.4 is 18.9 Å². The third-order valence-corrected chi connectivity index (χ3v) is 7.41. The van der Waals surface area contributed by atoms with Gasteiger partial charge >= 0.3 is 18.9 Å². The van der Waals surface area contributed by atoms with Gasteiger partial charge in [-0.25, -0.2) is 23.1 Å². The molecule has 5 heterocycles. The Balaban J connectivity index is 0.000000171. The number of ketones is 1. The van der Waals surface area contributed by atoms with Gasteiger partial charge in [-0.05, 0) is 116 Å². The molecule has 0 spiro atoms. The van der Waals surface area contributed by atoms with E-state index in [1.54, 1.807) is 98.6 Å². The van der Waals surface area contributed by atoms with Gasteiger partial charge in [0.1, 0.15) is 29.3 Å². The van der Waals surface area contributed by atoms with Crippen LogP contribution in [0.1, 0.15) is 35.5 Å². The summed E-state index contributed by atoms with van der Waals surface area (Å²) in [5, 5.41) is 10.6. The number of halogens is 3.